The molecule has 0 aliphatic rings. The summed E-state index contributed by atoms with van der Waals surface area (Å²) in [4.78, 5) is 26.4. The highest BCUT2D eigenvalue weighted by Gasteiger charge is 2.13. The molecule has 2 amide bonds. The van der Waals surface area contributed by atoms with Crippen molar-refractivity contribution in [2.75, 3.05) is 20.8 Å². The molecular formula is C20H19N3O4S2. The van der Waals surface area contributed by atoms with Crippen LogP contribution in [0.1, 0.15) is 20.1 Å². The van der Waals surface area contributed by atoms with E-state index >= 15 is 0 Å². The number of benzene rings is 1. The number of methoxy groups -OCH3 is 2. The lowest BCUT2D eigenvalue weighted by atomic mass is 10.2. The third kappa shape index (κ3) is 5.21. The second kappa shape index (κ2) is 9.85. The van der Waals surface area contributed by atoms with Gasteiger partial charge in [-0.2, -0.15) is 5.10 Å². The smallest absolute Gasteiger partial charge is 0.259 e. The molecule has 1 aromatic carbocycles. The first-order chi connectivity index (χ1) is 14.1. The molecule has 0 bridgehead atoms. The maximum Gasteiger partial charge on any atom is 0.259 e. The van der Waals surface area contributed by atoms with E-state index in [1.54, 1.807) is 18.2 Å². The Labute approximate surface area is 176 Å². The van der Waals surface area contributed by atoms with Crippen molar-refractivity contribution in [1.29, 1.82) is 0 Å². The number of carbonyl (C=O) groups is 2. The van der Waals surface area contributed by atoms with Gasteiger partial charge in [0.2, 0.25) is 0 Å². The minimum Gasteiger partial charge on any atom is -0.493 e. The fraction of sp³-hybridized carbons (Fsp3) is 0.150. The highest BCUT2D eigenvalue weighted by molar-refractivity contribution is 7.15. The summed E-state index contributed by atoms with van der Waals surface area (Å²) in [6.07, 6.45) is 0. The number of nitrogens with zero attached hydrogens (tertiary/aromatic N) is 1. The Balaban J connectivity index is 1.62. The van der Waals surface area contributed by atoms with E-state index < -0.39 is 11.8 Å². The predicted octanol–water partition coefficient (Wildman–Crippen LogP) is 3.13. The highest BCUT2D eigenvalue weighted by Crippen LogP contribution is 2.27. The number of nitrogens with one attached hydrogen (secondary N) is 2. The van der Waals surface area contributed by atoms with Gasteiger partial charge in [0, 0.05) is 5.56 Å². The minimum atomic E-state index is -0.426. The molecule has 150 valence electrons. The Hall–Kier alpha value is -3.17. The molecular weight excluding hydrogens is 410 g/mol. The van der Waals surface area contributed by atoms with Crippen LogP contribution >= 0.6 is 22.7 Å². The number of hydrazone groups is 1. The van der Waals surface area contributed by atoms with E-state index in [0.29, 0.717) is 22.8 Å². The predicted molar refractivity (Wildman–Crippen MR) is 114 cm³/mol. The fourth-order valence-electron chi connectivity index (χ4n) is 2.46. The molecule has 2 N–H and O–H groups in total. The van der Waals surface area contributed by atoms with Crippen LogP contribution in [0.3, 0.4) is 0 Å². The van der Waals surface area contributed by atoms with Crippen LogP contribution in [0, 0.1) is 0 Å². The van der Waals surface area contributed by atoms with Crippen molar-refractivity contribution in [3.8, 4) is 11.5 Å². The summed E-state index contributed by atoms with van der Waals surface area (Å²) in [7, 11) is 3.01. The SMILES string of the molecule is COc1ccc(C(=O)NCC(=O)NN=C(c2cccs2)c2cccs2)cc1OC. The third-order valence-electron chi connectivity index (χ3n) is 3.86. The van der Waals surface area contributed by atoms with E-state index in [0.717, 1.165) is 9.75 Å². The highest BCUT2D eigenvalue weighted by atomic mass is 32.1. The molecule has 0 aliphatic carbocycles. The lowest BCUT2D eigenvalue weighted by Gasteiger charge is -2.10. The van der Waals surface area contributed by atoms with Crippen molar-refractivity contribution in [3.05, 3.63) is 68.5 Å². The van der Waals surface area contributed by atoms with Gasteiger partial charge in [0.1, 0.15) is 5.71 Å². The Morgan fingerprint density at radius 3 is 2.17 bits per heavy atom. The third-order valence-corrected chi connectivity index (χ3v) is 5.61. The second-order valence-corrected chi connectivity index (χ2v) is 7.60. The van der Waals surface area contributed by atoms with E-state index in [-0.39, 0.29) is 6.54 Å². The van der Waals surface area contributed by atoms with Gasteiger partial charge in [0.15, 0.2) is 11.5 Å². The largest absolute Gasteiger partial charge is 0.493 e. The summed E-state index contributed by atoms with van der Waals surface area (Å²) in [5.41, 5.74) is 3.56. The zero-order valence-electron chi connectivity index (χ0n) is 15.8. The normalized spacial score (nSPS) is 10.1. The summed E-state index contributed by atoms with van der Waals surface area (Å²) in [6.45, 7) is -0.209. The lowest BCUT2D eigenvalue weighted by molar-refractivity contribution is -0.120. The summed E-state index contributed by atoms with van der Waals surface area (Å²) in [5, 5.41) is 10.7. The van der Waals surface area contributed by atoms with Crippen LogP contribution in [0.25, 0.3) is 0 Å². The van der Waals surface area contributed by atoms with Gasteiger partial charge < -0.3 is 14.8 Å². The van der Waals surface area contributed by atoms with Crippen molar-refractivity contribution in [3.63, 3.8) is 0 Å². The first kappa shape index (κ1) is 20.6. The van der Waals surface area contributed by atoms with Crippen LogP contribution < -0.4 is 20.2 Å². The molecule has 0 aliphatic heterocycles. The summed E-state index contributed by atoms with van der Waals surface area (Å²) >= 11 is 3.07. The molecule has 3 rings (SSSR count). The molecule has 2 aromatic heterocycles. The summed E-state index contributed by atoms with van der Waals surface area (Å²) in [6, 6.07) is 12.5. The number of hydrogen-bond acceptors (Lipinski definition) is 7. The molecule has 0 spiro atoms. The minimum absolute atomic E-state index is 0.209. The number of rotatable bonds is 8. The topological polar surface area (TPSA) is 89.0 Å². The van der Waals surface area contributed by atoms with Crippen molar-refractivity contribution >= 4 is 40.2 Å². The second-order valence-electron chi connectivity index (χ2n) is 5.70. The average Bonchev–Trinajstić information content (AvgIpc) is 3.46. The summed E-state index contributed by atoms with van der Waals surface area (Å²) < 4.78 is 10.3. The first-order valence-corrected chi connectivity index (χ1v) is 10.3. The van der Waals surface area contributed by atoms with Crippen LogP contribution in [0.4, 0.5) is 0 Å². The maximum atomic E-state index is 12.3. The van der Waals surface area contributed by atoms with E-state index in [4.69, 9.17) is 9.47 Å². The lowest BCUT2D eigenvalue weighted by Crippen LogP contribution is -2.35. The van der Waals surface area contributed by atoms with Crippen molar-refractivity contribution in [2.24, 2.45) is 5.10 Å². The average molecular weight is 430 g/mol. The molecule has 0 atom stereocenters. The van der Waals surface area contributed by atoms with Crippen molar-refractivity contribution < 1.29 is 19.1 Å². The van der Waals surface area contributed by atoms with Gasteiger partial charge in [-0.25, -0.2) is 5.43 Å². The van der Waals surface area contributed by atoms with Crippen LogP contribution in [0.5, 0.6) is 11.5 Å². The standard InChI is InChI=1S/C20H19N3O4S2/c1-26-14-8-7-13(11-15(14)27-2)20(25)21-12-18(24)22-23-19(16-5-3-9-28-16)17-6-4-10-29-17/h3-11H,12H2,1-2H3,(H,21,25)(H,22,24). The van der Waals surface area contributed by atoms with Crippen LogP contribution in [-0.2, 0) is 4.79 Å². The number of hydrogen-bond donors (Lipinski definition) is 2. The van der Waals surface area contributed by atoms with Gasteiger partial charge in [0.25, 0.3) is 11.8 Å². The molecule has 7 nitrogen and oxygen atoms in total. The molecule has 0 radical (unpaired) electrons. The molecule has 9 heteroatoms. The molecule has 3 aromatic rings. The molecule has 0 unspecified atom stereocenters. The summed E-state index contributed by atoms with van der Waals surface area (Å²) in [5.74, 6) is 0.128. The Kier molecular flexibility index (Phi) is 6.99. The Morgan fingerprint density at radius 1 is 0.966 bits per heavy atom. The molecule has 0 saturated carbocycles. The van der Waals surface area contributed by atoms with Gasteiger partial charge in [-0.15, -0.1) is 22.7 Å². The number of thiophene rings is 2. The zero-order valence-corrected chi connectivity index (χ0v) is 17.4. The van der Waals surface area contributed by atoms with Crippen LogP contribution in [0.15, 0.2) is 58.3 Å². The van der Waals surface area contributed by atoms with Gasteiger partial charge >= 0.3 is 0 Å². The fourth-order valence-corrected chi connectivity index (χ4v) is 3.98. The molecule has 29 heavy (non-hydrogen) atoms. The van der Waals surface area contributed by atoms with Crippen molar-refractivity contribution in [2.45, 2.75) is 0 Å². The van der Waals surface area contributed by atoms with E-state index in [1.807, 2.05) is 35.0 Å². The maximum absolute atomic E-state index is 12.3. The van der Waals surface area contributed by atoms with Crippen LogP contribution in [-0.4, -0.2) is 38.3 Å². The molecule has 0 saturated heterocycles. The quantitative estimate of drug-likeness (QED) is 0.425. The van der Waals surface area contributed by atoms with Gasteiger partial charge in [-0.1, -0.05) is 12.1 Å². The number of carbonyl (C=O) groups excluding carboxylic acids is 2. The van der Waals surface area contributed by atoms with E-state index in [9.17, 15) is 9.59 Å². The number of amides is 2. The zero-order chi connectivity index (χ0) is 20.6. The first-order valence-electron chi connectivity index (χ1n) is 8.57. The van der Waals surface area contributed by atoms with Crippen molar-refractivity contribution in [1.82, 2.24) is 10.7 Å². The Bertz CT molecular complexity index is 963. The van der Waals surface area contributed by atoms with Gasteiger partial charge in [0.05, 0.1) is 30.5 Å². The molecule has 0 fully saturated rings. The Morgan fingerprint density at radius 2 is 1.62 bits per heavy atom. The van der Waals surface area contributed by atoms with E-state index in [2.05, 4.69) is 15.8 Å². The number of ether oxygens (including phenoxy) is 2. The molecule has 2 heterocycles. The van der Waals surface area contributed by atoms with E-state index in [1.165, 1.54) is 36.9 Å². The van der Waals surface area contributed by atoms with Crippen LogP contribution in [0.2, 0.25) is 0 Å². The van der Waals surface area contributed by atoms with Gasteiger partial charge in [-0.3, -0.25) is 9.59 Å². The monoisotopic (exact) mass is 429 g/mol. The van der Waals surface area contributed by atoms with Gasteiger partial charge in [-0.05, 0) is 41.1 Å².